The fourth-order valence-electron chi connectivity index (χ4n) is 1.67. The van der Waals surface area contributed by atoms with E-state index in [1.165, 1.54) is 6.21 Å². The first-order chi connectivity index (χ1) is 11.1. The molecule has 0 unspecified atom stereocenters. The van der Waals surface area contributed by atoms with Crippen molar-refractivity contribution in [3.8, 4) is 5.75 Å². The van der Waals surface area contributed by atoms with E-state index in [0.29, 0.717) is 17.0 Å². The van der Waals surface area contributed by atoms with Crippen molar-refractivity contribution in [1.82, 2.24) is 5.43 Å². The fourth-order valence-corrected chi connectivity index (χ4v) is 2.02. The SMILES string of the molecule is COc1ccc(Br)c(/C=N\NC(=O)C(=O)Nc2ccccc2)c1. The number of carbonyl (C=O) groups is 2. The number of benzene rings is 2. The molecule has 7 heteroatoms. The fraction of sp³-hybridized carbons (Fsp3) is 0.0625. The van der Waals surface area contributed by atoms with E-state index in [1.807, 2.05) is 6.07 Å². The Bertz CT molecular complexity index is 733. The summed E-state index contributed by atoms with van der Waals surface area (Å²) >= 11 is 3.36. The van der Waals surface area contributed by atoms with Crippen LogP contribution in [0.1, 0.15) is 5.56 Å². The molecule has 2 rings (SSSR count). The average molecular weight is 376 g/mol. The van der Waals surface area contributed by atoms with Gasteiger partial charge in [0.1, 0.15) is 5.75 Å². The van der Waals surface area contributed by atoms with Crippen LogP contribution in [-0.4, -0.2) is 25.1 Å². The summed E-state index contributed by atoms with van der Waals surface area (Å²) < 4.78 is 5.89. The van der Waals surface area contributed by atoms with Gasteiger partial charge in [-0.3, -0.25) is 9.59 Å². The number of nitrogens with one attached hydrogen (secondary N) is 2. The zero-order valence-electron chi connectivity index (χ0n) is 12.2. The van der Waals surface area contributed by atoms with Crippen molar-refractivity contribution >= 4 is 39.6 Å². The van der Waals surface area contributed by atoms with Crippen LogP contribution < -0.4 is 15.5 Å². The molecule has 0 spiro atoms. The number of para-hydroxylation sites is 1. The number of hydrazone groups is 1. The van der Waals surface area contributed by atoms with Crippen molar-refractivity contribution in [2.24, 2.45) is 5.10 Å². The molecule has 0 atom stereocenters. The second-order valence-corrected chi connectivity index (χ2v) is 5.26. The van der Waals surface area contributed by atoms with Gasteiger partial charge < -0.3 is 10.1 Å². The Balaban J connectivity index is 1.94. The predicted molar refractivity (Wildman–Crippen MR) is 91.5 cm³/mol. The Morgan fingerprint density at radius 1 is 1.13 bits per heavy atom. The second kappa shape index (κ2) is 8.09. The third-order valence-electron chi connectivity index (χ3n) is 2.81. The number of methoxy groups -OCH3 is 1. The molecule has 2 N–H and O–H groups in total. The van der Waals surface area contributed by atoms with Gasteiger partial charge in [0.2, 0.25) is 0 Å². The van der Waals surface area contributed by atoms with Crippen molar-refractivity contribution in [3.63, 3.8) is 0 Å². The van der Waals surface area contributed by atoms with Crippen molar-refractivity contribution in [3.05, 3.63) is 58.6 Å². The van der Waals surface area contributed by atoms with Gasteiger partial charge in [-0.1, -0.05) is 34.1 Å². The summed E-state index contributed by atoms with van der Waals surface area (Å²) in [6, 6.07) is 14.0. The number of hydrogen-bond acceptors (Lipinski definition) is 4. The summed E-state index contributed by atoms with van der Waals surface area (Å²) in [7, 11) is 1.56. The highest BCUT2D eigenvalue weighted by Crippen LogP contribution is 2.20. The van der Waals surface area contributed by atoms with Gasteiger partial charge >= 0.3 is 11.8 Å². The standard InChI is InChI=1S/C16H14BrN3O3/c1-23-13-7-8-14(17)11(9-13)10-18-20-16(22)15(21)19-12-5-3-2-4-6-12/h2-10H,1H3,(H,19,21)(H,20,22)/b18-10-. The van der Waals surface area contributed by atoms with Crippen molar-refractivity contribution in [2.45, 2.75) is 0 Å². The molecule has 2 aromatic carbocycles. The van der Waals surface area contributed by atoms with E-state index in [4.69, 9.17) is 4.74 Å². The smallest absolute Gasteiger partial charge is 0.329 e. The van der Waals surface area contributed by atoms with E-state index >= 15 is 0 Å². The number of hydrogen-bond donors (Lipinski definition) is 2. The molecule has 6 nitrogen and oxygen atoms in total. The minimum absolute atomic E-state index is 0.534. The Morgan fingerprint density at radius 3 is 2.57 bits per heavy atom. The summed E-state index contributed by atoms with van der Waals surface area (Å²) in [5.41, 5.74) is 3.41. The molecule has 0 aliphatic rings. The molecule has 0 radical (unpaired) electrons. The monoisotopic (exact) mass is 375 g/mol. The molecule has 0 fully saturated rings. The van der Waals surface area contributed by atoms with Gasteiger partial charge in [-0.05, 0) is 30.3 Å². The minimum atomic E-state index is -0.857. The van der Waals surface area contributed by atoms with Crippen LogP contribution in [0.25, 0.3) is 0 Å². The van der Waals surface area contributed by atoms with E-state index < -0.39 is 11.8 Å². The van der Waals surface area contributed by atoms with Crippen LogP contribution in [0.5, 0.6) is 5.75 Å². The molecule has 0 aliphatic carbocycles. The Kier molecular flexibility index (Phi) is 5.87. The normalized spacial score (nSPS) is 10.3. The van der Waals surface area contributed by atoms with E-state index in [0.717, 1.165) is 4.47 Å². The van der Waals surface area contributed by atoms with E-state index in [9.17, 15) is 9.59 Å². The lowest BCUT2D eigenvalue weighted by Gasteiger charge is -2.04. The van der Waals surface area contributed by atoms with E-state index in [-0.39, 0.29) is 0 Å². The van der Waals surface area contributed by atoms with Crippen LogP contribution in [0.3, 0.4) is 0 Å². The number of anilines is 1. The molecule has 0 saturated carbocycles. The molecule has 2 aromatic rings. The maximum absolute atomic E-state index is 11.7. The highest BCUT2D eigenvalue weighted by molar-refractivity contribution is 9.10. The van der Waals surface area contributed by atoms with Gasteiger partial charge in [0, 0.05) is 15.7 Å². The van der Waals surface area contributed by atoms with Crippen molar-refractivity contribution < 1.29 is 14.3 Å². The Morgan fingerprint density at radius 2 is 1.87 bits per heavy atom. The number of amides is 2. The topological polar surface area (TPSA) is 79.8 Å². The van der Waals surface area contributed by atoms with Crippen LogP contribution >= 0.6 is 15.9 Å². The Hall–Kier alpha value is -2.67. The lowest BCUT2D eigenvalue weighted by atomic mass is 10.2. The second-order valence-electron chi connectivity index (χ2n) is 4.41. The first-order valence-electron chi connectivity index (χ1n) is 6.63. The highest BCUT2D eigenvalue weighted by Gasteiger charge is 2.12. The lowest BCUT2D eigenvalue weighted by Crippen LogP contribution is -2.32. The minimum Gasteiger partial charge on any atom is -0.497 e. The van der Waals surface area contributed by atoms with Crippen LogP contribution in [0, 0.1) is 0 Å². The van der Waals surface area contributed by atoms with E-state index in [2.05, 4.69) is 31.8 Å². The molecule has 0 heterocycles. The van der Waals surface area contributed by atoms with E-state index in [1.54, 1.807) is 49.6 Å². The first-order valence-corrected chi connectivity index (χ1v) is 7.42. The van der Waals surface area contributed by atoms with Crippen LogP contribution in [-0.2, 0) is 9.59 Å². The third kappa shape index (κ3) is 4.93. The van der Waals surface area contributed by atoms with Gasteiger partial charge in [-0.15, -0.1) is 0 Å². The van der Waals surface area contributed by atoms with Crippen LogP contribution in [0.15, 0.2) is 58.1 Å². The molecular formula is C16H14BrN3O3. The summed E-state index contributed by atoms with van der Waals surface area (Å²) in [6.45, 7) is 0. The quantitative estimate of drug-likeness (QED) is 0.489. The van der Waals surface area contributed by atoms with Gasteiger partial charge in [0.15, 0.2) is 0 Å². The van der Waals surface area contributed by atoms with Crippen molar-refractivity contribution in [1.29, 1.82) is 0 Å². The Labute approximate surface area is 141 Å². The van der Waals surface area contributed by atoms with Gasteiger partial charge in [-0.25, -0.2) is 5.43 Å². The van der Waals surface area contributed by atoms with Gasteiger partial charge in [0.05, 0.1) is 13.3 Å². The van der Waals surface area contributed by atoms with Crippen molar-refractivity contribution in [2.75, 3.05) is 12.4 Å². The number of carbonyl (C=O) groups excluding carboxylic acids is 2. The molecule has 0 bridgehead atoms. The molecule has 23 heavy (non-hydrogen) atoms. The maximum Gasteiger partial charge on any atom is 0.329 e. The molecular weight excluding hydrogens is 362 g/mol. The first kappa shape index (κ1) is 16.7. The molecule has 0 saturated heterocycles. The van der Waals surface area contributed by atoms with Crippen LogP contribution in [0.4, 0.5) is 5.69 Å². The number of ether oxygens (including phenoxy) is 1. The summed E-state index contributed by atoms with van der Waals surface area (Å²) in [5, 5.41) is 6.24. The molecule has 118 valence electrons. The summed E-state index contributed by atoms with van der Waals surface area (Å²) in [5.74, 6) is -0.995. The number of rotatable bonds is 4. The summed E-state index contributed by atoms with van der Waals surface area (Å²) in [6.07, 6.45) is 1.42. The zero-order valence-corrected chi connectivity index (χ0v) is 13.8. The molecule has 0 aromatic heterocycles. The highest BCUT2D eigenvalue weighted by atomic mass is 79.9. The van der Waals surface area contributed by atoms with Crippen LogP contribution in [0.2, 0.25) is 0 Å². The largest absolute Gasteiger partial charge is 0.497 e. The van der Waals surface area contributed by atoms with Gasteiger partial charge in [-0.2, -0.15) is 5.10 Å². The molecule has 2 amide bonds. The predicted octanol–water partition coefficient (Wildman–Crippen LogP) is 2.55. The third-order valence-corrected chi connectivity index (χ3v) is 3.53. The average Bonchev–Trinajstić information content (AvgIpc) is 2.57. The lowest BCUT2D eigenvalue weighted by molar-refractivity contribution is -0.136. The zero-order chi connectivity index (χ0) is 16.7. The number of halogens is 1. The van der Waals surface area contributed by atoms with Gasteiger partial charge in [0.25, 0.3) is 0 Å². The maximum atomic E-state index is 11.7. The number of nitrogens with zero attached hydrogens (tertiary/aromatic N) is 1. The molecule has 0 aliphatic heterocycles. The summed E-state index contributed by atoms with van der Waals surface area (Å²) in [4.78, 5) is 23.4.